The largest absolute Gasteiger partial charge is 0.354 e. The molecule has 40 heavy (non-hydrogen) atoms. The molecule has 0 bridgehead atoms. The van der Waals surface area contributed by atoms with Gasteiger partial charge in [0.2, 0.25) is 11.8 Å². The third-order valence-corrected chi connectivity index (χ3v) is 9.46. The van der Waals surface area contributed by atoms with E-state index in [0.29, 0.717) is 23.6 Å². The normalized spacial score (nSPS) is 12.1. The minimum absolute atomic E-state index is 0.0284. The number of nitrogens with zero attached hydrogens (tertiary/aromatic N) is 2. The first kappa shape index (κ1) is 32.0. The van der Waals surface area contributed by atoms with Crippen molar-refractivity contribution in [2.75, 3.05) is 17.4 Å². The Morgan fingerprint density at radius 2 is 1.60 bits per heavy atom. The molecule has 3 aromatic carbocycles. The molecule has 0 aromatic heterocycles. The van der Waals surface area contributed by atoms with Gasteiger partial charge in [-0.2, -0.15) is 0 Å². The number of aryl methyl sites for hydroxylation is 1. The number of benzene rings is 3. The number of sulfonamides is 1. The Balaban J connectivity index is 2.07. The first-order chi connectivity index (χ1) is 18.9. The van der Waals surface area contributed by atoms with E-state index < -0.39 is 28.5 Å². The van der Waals surface area contributed by atoms with E-state index in [1.54, 1.807) is 43.3 Å². The average Bonchev–Trinajstić information content (AvgIpc) is 2.92. The highest BCUT2D eigenvalue weighted by Gasteiger charge is 2.33. The van der Waals surface area contributed by atoms with Crippen LogP contribution < -0.4 is 9.62 Å². The van der Waals surface area contributed by atoms with Crippen molar-refractivity contribution in [2.45, 2.75) is 44.7 Å². The van der Waals surface area contributed by atoms with Gasteiger partial charge in [-0.1, -0.05) is 83.2 Å². The molecule has 2 amide bonds. The van der Waals surface area contributed by atoms with Crippen molar-refractivity contribution in [2.24, 2.45) is 0 Å². The highest BCUT2D eigenvalue weighted by molar-refractivity contribution is 7.92. The van der Waals surface area contributed by atoms with E-state index in [4.69, 9.17) is 46.4 Å². The van der Waals surface area contributed by atoms with E-state index in [1.165, 1.54) is 29.2 Å². The summed E-state index contributed by atoms with van der Waals surface area (Å²) in [5, 5.41) is 3.49. The maximum Gasteiger partial charge on any atom is 0.264 e. The molecule has 0 spiro atoms. The second-order valence-electron chi connectivity index (χ2n) is 9.13. The second kappa shape index (κ2) is 13.9. The SMILES string of the molecule is CCCNC(=O)C(C)N(Cc1ccc(Cl)c(Cl)c1)C(=O)CN(c1cccc(Cl)c1Cl)S(=O)(=O)c1ccc(C)cc1. The number of rotatable bonds is 11. The molecule has 1 atom stereocenters. The van der Waals surface area contributed by atoms with Crippen LogP contribution in [0, 0.1) is 6.92 Å². The quantitative estimate of drug-likeness (QED) is 0.250. The van der Waals surface area contributed by atoms with Gasteiger partial charge in [-0.15, -0.1) is 0 Å². The van der Waals surface area contributed by atoms with Gasteiger partial charge in [0.05, 0.1) is 30.7 Å². The molecule has 214 valence electrons. The molecular formula is C28H29Cl4N3O4S. The number of hydrogen-bond acceptors (Lipinski definition) is 4. The van der Waals surface area contributed by atoms with Gasteiger partial charge < -0.3 is 10.2 Å². The lowest BCUT2D eigenvalue weighted by Crippen LogP contribution is -2.51. The Morgan fingerprint density at radius 3 is 2.23 bits per heavy atom. The van der Waals surface area contributed by atoms with Gasteiger partial charge in [-0.3, -0.25) is 13.9 Å². The van der Waals surface area contributed by atoms with Crippen molar-refractivity contribution in [3.05, 3.63) is 91.9 Å². The molecule has 0 aliphatic heterocycles. The molecule has 0 fully saturated rings. The maximum absolute atomic E-state index is 13.9. The highest BCUT2D eigenvalue weighted by Crippen LogP contribution is 2.35. The van der Waals surface area contributed by atoms with Gasteiger partial charge in [0.1, 0.15) is 12.6 Å². The minimum Gasteiger partial charge on any atom is -0.354 e. The minimum atomic E-state index is -4.28. The zero-order chi connectivity index (χ0) is 29.6. The highest BCUT2D eigenvalue weighted by atomic mass is 35.5. The fourth-order valence-corrected chi connectivity index (χ4v) is 6.04. The molecule has 0 radical (unpaired) electrons. The summed E-state index contributed by atoms with van der Waals surface area (Å²) in [6.45, 7) is 5.06. The van der Waals surface area contributed by atoms with Crippen LogP contribution >= 0.6 is 46.4 Å². The van der Waals surface area contributed by atoms with Crippen molar-refractivity contribution >= 4 is 73.9 Å². The van der Waals surface area contributed by atoms with Crippen LogP contribution in [0.25, 0.3) is 0 Å². The van der Waals surface area contributed by atoms with Crippen LogP contribution in [0.2, 0.25) is 20.1 Å². The first-order valence-electron chi connectivity index (χ1n) is 12.4. The second-order valence-corrected chi connectivity index (χ2v) is 12.6. The number of carbonyl (C=O) groups excluding carboxylic acids is 2. The van der Waals surface area contributed by atoms with Crippen LogP contribution in [-0.2, 0) is 26.2 Å². The number of halogens is 4. The molecule has 3 rings (SSSR count). The summed E-state index contributed by atoms with van der Waals surface area (Å²) in [7, 11) is -4.28. The van der Waals surface area contributed by atoms with Crippen LogP contribution in [0.5, 0.6) is 0 Å². The average molecular weight is 645 g/mol. The third kappa shape index (κ3) is 7.62. The number of hydrogen-bond donors (Lipinski definition) is 1. The molecule has 0 heterocycles. The van der Waals surface area contributed by atoms with Crippen LogP contribution in [0.4, 0.5) is 5.69 Å². The van der Waals surface area contributed by atoms with Crippen LogP contribution in [0.15, 0.2) is 65.6 Å². The van der Waals surface area contributed by atoms with Crippen molar-refractivity contribution in [3.63, 3.8) is 0 Å². The number of anilines is 1. The summed E-state index contributed by atoms with van der Waals surface area (Å²) >= 11 is 24.9. The molecule has 12 heteroatoms. The summed E-state index contributed by atoms with van der Waals surface area (Å²) in [5.74, 6) is -1.03. The molecule has 1 unspecified atom stereocenters. The lowest BCUT2D eigenvalue weighted by atomic mass is 10.1. The topological polar surface area (TPSA) is 86.8 Å². The van der Waals surface area contributed by atoms with Crippen molar-refractivity contribution in [3.8, 4) is 0 Å². The number of amides is 2. The monoisotopic (exact) mass is 643 g/mol. The molecule has 0 aliphatic carbocycles. The van der Waals surface area contributed by atoms with Crippen molar-refractivity contribution in [1.82, 2.24) is 10.2 Å². The fourth-order valence-electron chi connectivity index (χ4n) is 3.85. The van der Waals surface area contributed by atoms with Gasteiger partial charge in [-0.25, -0.2) is 8.42 Å². The van der Waals surface area contributed by atoms with E-state index in [2.05, 4.69) is 5.32 Å². The molecular weight excluding hydrogens is 616 g/mol. The zero-order valence-corrected chi connectivity index (χ0v) is 26.0. The molecule has 1 N–H and O–H groups in total. The fraction of sp³-hybridized carbons (Fsp3) is 0.286. The molecule has 0 saturated carbocycles. The zero-order valence-electron chi connectivity index (χ0n) is 22.1. The van der Waals surface area contributed by atoms with Crippen molar-refractivity contribution in [1.29, 1.82) is 0 Å². The van der Waals surface area contributed by atoms with Crippen LogP contribution in [0.1, 0.15) is 31.4 Å². The van der Waals surface area contributed by atoms with Crippen LogP contribution in [-0.4, -0.2) is 44.3 Å². The van der Waals surface area contributed by atoms with Gasteiger partial charge in [0, 0.05) is 13.1 Å². The molecule has 0 saturated heterocycles. The van der Waals surface area contributed by atoms with E-state index in [0.717, 1.165) is 9.87 Å². The standard InChI is InChI=1S/C28H29Cl4N3O4S/c1-4-14-33-28(37)19(3)34(16-20-10-13-22(29)24(31)15-20)26(36)17-35(25-7-5-6-23(30)27(25)32)40(38,39)21-11-8-18(2)9-12-21/h5-13,15,19H,4,14,16-17H2,1-3H3,(H,33,37). The molecule has 0 aliphatic rings. The Hall–Kier alpha value is -2.49. The lowest BCUT2D eigenvalue weighted by molar-refractivity contribution is -0.139. The summed E-state index contributed by atoms with van der Waals surface area (Å²) in [6, 6.07) is 14.7. The van der Waals surface area contributed by atoms with E-state index in [1.807, 2.05) is 13.8 Å². The first-order valence-corrected chi connectivity index (χ1v) is 15.4. The van der Waals surface area contributed by atoms with Crippen LogP contribution in [0.3, 0.4) is 0 Å². The van der Waals surface area contributed by atoms with E-state index in [9.17, 15) is 18.0 Å². The third-order valence-electron chi connectivity index (χ3n) is 6.14. The summed E-state index contributed by atoms with van der Waals surface area (Å²) in [5.41, 5.74) is 1.49. The predicted octanol–water partition coefficient (Wildman–Crippen LogP) is 6.75. The van der Waals surface area contributed by atoms with E-state index >= 15 is 0 Å². The molecule has 7 nitrogen and oxygen atoms in total. The van der Waals surface area contributed by atoms with Gasteiger partial charge in [0.15, 0.2) is 0 Å². The van der Waals surface area contributed by atoms with E-state index in [-0.39, 0.29) is 38.1 Å². The number of carbonyl (C=O) groups is 2. The Morgan fingerprint density at radius 1 is 0.925 bits per heavy atom. The van der Waals surface area contributed by atoms with Crippen molar-refractivity contribution < 1.29 is 18.0 Å². The lowest BCUT2D eigenvalue weighted by Gasteiger charge is -2.32. The van der Waals surface area contributed by atoms with Gasteiger partial charge >= 0.3 is 0 Å². The summed E-state index contributed by atoms with van der Waals surface area (Å²) in [6.07, 6.45) is 0.703. The Labute approximate surface area is 255 Å². The summed E-state index contributed by atoms with van der Waals surface area (Å²) in [4.78, 5) is 28.1. The van der Waals surface area contributed by atoms with Gasteiger partial charge in [-0.05, 0) is 62.2 Å². The van der Waals surface area contributed by atoms with Gasteiger partial charge in [0.25, 0.3) is 10.0 Å². The predicted molar refractivity (Wildman–Crippen MR) is 162 cm³/mol. The summed E-state index contributed by atoms with van der Waals surface area (Å²) < 4.78 is 28.7. The number of nitrogens with one attached hydrogen (secondary N) is 1. The smallest absolute Gasteiger partial charge is 0.264 e. The Kier molecular flexibility index (Phi) is 11.1. The molecule has 3 aromatic rings. The maximum atomic E-state index is 13.9. The Bertz CT molecular complexity index is 1480.